The van der Waals surface area contributed by atoms with Crippen LogP contribution in [0.25, 0.3) is 17.2 Å². The van der Waals surface area contributed by atoms with Gasteiger partial charge in [0.15, 0.2) is 0 Å². The van der Waals surface area contributed by atoms with Crippen molar-refractivity contribution in [1.82, 2.24) is 4.98 Å². The number of alkyl halides is 3. The number of nitrogens with zero attached hydrogens (tertiary/aromatic N) is 1. The summed E-state index contributed by atoms with van der Waals surface area (Å²) < 4.78 is 44.7. The normalized spacial score (nSPS) is 31.8. The van der Waals surface area contributed by atoms with Gasteiger partial charge in [0.1, 0.15) is 6.10 Å². The molecule has 1 aromatic carbocycles. The molecule has 0 radical (unpaired) electrons. The van der Waals surface area contributed by atoms with Crippen molar-refractivity contribution in [2.45, 2.75) is 51.3 Å². The molecule has 3 aliphatic rings. The van der Waals surface area contributed by atoms with Gasteiger partial charge in [-0.2, -0.15) is 13.2 Å². The van der Waals surface area contributed by atoms with Crippen LogP contribution in [0.5, 0.6) is 0 Å². The second-order valence-electron chi connectivity index (χ2n) is 9.76. The minimum Gasteiger partial charge on any atom is -0.462 e. The maximum absolute atomic E-state index is 13.0. The highest BCUT2D eigenvalue weighted by atomic mass is 19.4. The third-order valence-electron chi connectivity index (χ3n) is 7.87. The smallest absolute Gasteiger partial charge is 0.416 e. The van der Waals surface area contributed by atoms with E-state index in [4.69, 9.17) is 4.74 Å². The Morgan fingerprint density at radius 2 is 1.91 bits per heavy atom. The van der Waals surface area contributed by atoms with Gasteiger partial charge in [-0.25, -0.2) is 0 Å². The SMILES string of the molecule is C[C@H]1OC(=O)[C@@H]2CC3CCCCC3C(/C=C/c3ccc(-c4cccc(C(F)(F)F)c4)cn3)[C@H]12. The maximum atomic E-state index is 13.0. The predicted molar refractivity (Wildman–Crippen MR) is 120 cm³/mol. The average molecular weight is 456 g/mol. The van der Waals surface area contributed by atoms with Gasteiger partial charge in [-0.1, -0.05) is 43.5 Å². The Labute approximate surface area is 192 Å². The topological polar surface area (TPSA) is 39.2 Å². The van der Waals surface area contributed by atoms with Gasteiger partial charge >= 0.3 is 12.1 Å². The number of fused-ring (bicyclic) bond motifs is 2. The Balaban J connectivity index is 1.38. The third kappa shape index (κ3) is 4.32. The summed E-state index contributed by atoms with van der Waals surface area (Å²) in [5.41, 5.74) is 1.23. The minimum absolute atomic E-state index is 0.00903. The van der Waals surface area contributed by atoms with E-state index in [-0.39, 0.29) is 29.8 Å². The van der Waals surface area contributed by atoms with Gasteiger partial charge < -0.3 is 4.74 Å². The molecule has 6 atom stereocenters. The lowest BCUT2D eigenvalue weighted by Gasteiger charge is -2.45. The largest absolute Gasteiger partial charge is 0.462 e. The number of hydrogen-bond donors (Lipinski definition) is 0. The van der Waals surface area contributed by atoms with Gasteiger partial charge in [0.25, 0.3) is 0 Å². The number of hydrogen-bond acceptors (Lipinski definition) is 3. The van der Waals surface area contributed by atoms with Gasteiger partial charge in [-0.3, -0.25) is 9.78 Å². The molecular weight excluding hydrogens is 427 g/mol. The molecule has 0 amide bonds. The molecule has 3 nitrogen and oxygen atoms in total. The summed E-state index contributed by atoms with van der Waals surface area (Å²) in [6.07, 6.45) is 7.18. The number of benzene rings is 1. The number of ether oxygens (including phenoxy) is 1. The van der Waals surface area contributed by atoms with Crippen LogP contribution in [0, 0.1) is 29.6 Å². The van der Waals surface area contributed by atoms with Crippen LogP contribution in [0.4, 0.5) is 13.2 Å². The Kier molecular flexibility index (Phi) is 5.79. The first-order valence-corrected chi connectivity index (χ1v) is 11.8. The van der Waals surface area contributed by atoms with Crippen LogP contribution in [-0.4, -0.2) is 17.1 Å². The number of halogens is 3. The third-order valence-corrected chi connectivity index (χ3v) is 7.87. The molecule has 1 aromatic heterocycles. The highest BCUT2D eigenvalue weighted by Gasteiger charge is 2.53. The van der Waals surface area contributed by atoms with Crippen molar-refractivity contribution in [2.75, 3.05) is 0 Å². The molecule has 3 fully saturated rings. The lowest BCUT2D eigenvalue weighted by molar-refractivity contribution is -0.144. The van der Waals surface area contributed by atoms with E-state index in [0.717, 1.165) is 24.2 Å². The lowest BCUT2D eigenvalue weighted by atomic mass is 9.57. The number of aromatic nitrogens is 1. The molecule has 3 unspecified atom stereocenters. The Morgan fingerprint density at radius 3 is 2.67 bits per heavy atom. The van der Waals surface area contributed by atoms with Crippen LogP contribution in [0.1, 0.15) is 50.3 Å². The van der Waals surface area contributed by atoms with E-state index < -0.39 is 11.7 Å². The molecule has 0 N–H and O–H groups in total. The minimum atomic E-state index is -4.37. The van der Waals surface area contributed by atoms with Crippen LogP contribution in [0.15, 0.2) is 48.7 Å². The van der Waals surface area contributed by atoms with Crippen LogP contribution >= 0.6 is 0 Å². The highest BCUT2D eigenvalue weighted by molar-refractivity contribution is 5.75. The number of pyridine rings is 1. The molecule has 1 saturated heterocycles. The highest BCUT2D eigenvalue weighted by Crippen LogP contribution is 2.53. The first-order chi connectivity index (χ1) is 15.8. The summed E-state index contributed by atoms with van der Waals surface area (Å²) in [6.45, 7) is 2.01. The molecule has 6 heteroatoms. The van der Waals surface area contributed by atoms with Crippen molar-refractivity contribution in [3.05, 3.63) is 59.9 Å². The molecule has 174 valence electrons. The van der Waals surface area contributed by atoms with Crippen molar-refractivity contribution in [3.8, 4) is 11.1 Å². The molecule has 2 aliphatic carbocycles. The zero-order chi connectivity index (χ0) is 23.2. The van der Waals surface area contributed by atoms with E-state index in [2.05, 4.69) is 11.1 Å². The Morgan fingerprint density at radius 1 is 1.09 bits per heavy atom. The lowest BCUT2D eigenvalue weighted by Crippen LogP contribution is -2.42. The second-order valence-corrected chi connectivity index (χ2v) is 9.76. The van der Waals surface area contributed by atoms with E-state index >= 15 is 0 Å². The van der Waals surface area contributed by atoms with Crippen LogP contribution in [0.3, 0.4) is 0 Å². The summed E-state index contributed by atoms with van der Waals surface area (Å²) in [5, 5.41) is 0. The molecule has 0 bridgehead atoms. The maximum Gasteiger partial charge on any atom is 0.416 e. The summed E-state index contributed by atoms with van der Waals surface area (Å²) in [4.78, 5) is 16.9. The average Bonchev–Trinajstić information content (AvgIpc) is 3.09. The van der Waals surface area contributed by atoms with E-state index in [1.807, 2.05) is 19.1 Å². The van der Waals surface area contributed by atoms with Crippen molar-refractivity contribution < 1.29 is 22.7 Å². The zero-order valence-electron chi connectivity index (χ0n) is 18.6. The van der Waals surface area contributed by atoms with Crippen molar-refractivity contribution >= 4 is 12.0 Å². The quantitative estimate of drug-likeness (QED) is 0.479. The summed E-state index contributed by atoms with van der Waals surface area (Å²) >= 11 is 0. The van der Waals surface area contributed by atoms with E-state index in [1.54, 1.807) is 18.3 Å². The molecular formula is C27H28F3NO2. The molecule has 5 rings (SSSR count). The monoisotopic (exact) mass is 455 g/mol. The van der Waals surface area contributed by atoms with Crippen molar-refractivity contribution in [2.24, 2.45) is 29.6 Å². The van der Waals surface area contributed by atoms with Crippen LogP contribution < -0.4 is 0 Å². The number of carbonyl (C=O) groups excluding carboxylic acids is 1. The number of carbonyl (C=O) groups is 1. The van der Waals surface area contributed by atoms with Gasteiger partial charge in [-0.05, 0) is 67.4 Å². The molecule has 0 spiro atoms. The number of allylic oxidation sites excluding steroid dienone is 1. The molecule has 33 heavy (non-hydrogen) atoms. The molecule has 1 aliphatic heterocycles. The molecule has 2 heterocycles. The Bertz CT molecular complexity index is 1050. The fourth-order valence-corrected chi connectivity index (χ4v) is 6.35. The Hall–Kier alpha value is -2.63. The summed E-state index contributed by atoms with van der Waals surface area (Å²) in [7, 11) is 0. The number of esters is 1. The fourth-order valence-electron chi connectivity index (χ4n) is 6.35. The second kappa shape index (κ2) is 8.62. The first-order valence-electron chi connectivity index (χ1n) is 11.8. The predicted octanol–water partition coefficient (Wildman–Crippen LogP) is 6.78. The van der Waals surface area contributed by atoms with Gasteiger partial charge in [-0.15, -0.1) is 0 Å². The first kappa shape index (κ1) is 22.2. The van der Waals surface area contributed by atoms with Crippen LogP contribution in [0.2, 0.25) is 0 Å². The molecule has 2 aromatic rings. The standard InChI is InChI=1S/C27H28F3NO2/c1-16-25-23(22-8-3-2-5-18(22)14-24(25)26(32)33-16)12-11-21-10-9-19(15-31-21)17-6-4-7-20(13-17)27(28,29)30/h4,6-7,9-13,15-16,18,22-25H,2-3,5,8,14H2,1H3/b12-11+/t16-,18?,22?,23?,24-,25+/m1/s1. The van der Waals surface area contributed by atoms with Crippen molar-refractivity contribution in [1.29, 1.82) is 0 Å². The summed E-state index contributed by atoms with van der Waals surface area (Å²) in [6, 6.07) is 8.94. The van der Waals surface area contributed by atoms with E-state index in [1.165, 1.54) is 31.7 Å². The summed E-state index contributed by atoms with van der Waals surface area (Å²) in [5.74, 6) is 1.57. The van der Waals surface area contributed by atoms with Gasteiger partial charge in [0, 0.05) is 17.7 Å². The van der Waals surface area contributed by atoms with Gasteiger partial charge in [0.2, 0.25) is 0 Å². The van der Waals surface area contributed by atoms with Crippen molar-refractivity contribution in [3.63, 3.8) is 0 Å². The fraction of sp³-hybridized carbons (Fsp3) is 0.481. The van der Waals surface area contributed by atoms with E-state index in [0.29, 0.717) is 23.0 Å². The van der Waals surface area contributed by atoms with Gasteiger partial charge in [0.05, 0.1) is 17.2 Å². The number of rotatable bonds is 3. The van der Waals surface area contributed by atoms with Crippen LogP contribution in [-0.2, 0) is 15.7 Å². The number of cyclic esters (lactones) is 1. The van der Waals surface area contributed by atoms with E-state index in [9.17, 15) is 18.0 Å². The zero-order valence-corrected chi connectivity index (χ0v) is 18.6. The molecule has 2 saturated carbocycles.